The summed E-state index contributed by atoms with van der Waals surface area (Å²) in [6.07, 6.45) is 52.5. The van der Waals surface area contributed by atoms with Crippen molar-refractivity contribution in [1.29, 1.82) is 0 Å². The quantitative estimate of drug-likeness (QED) is 0.0454. The highest BCUT2D eigenvalue weighted by molar-refractivity contribution is 5.70. The van der Waals surface area contributed by atoms with Gasteiger partial charge in [0.15, 0.2) is 6.10 Å². The van der Waals surface area contributed by atoms with Gasteiger partial charge in [-0.2, -0.15) is 0 Å². The van der Waals surface area contributed by atoms with Crippen molar-refractivity contribution in [2.45, 2.75) is 297 Å². The van der Waals surface area contributed by atoms with E-state index in [1.54, 1.807) is 0 Å². The lowest BCUT2D eigenvalue weighted by molar-refractivity contribution is -0.163. The minimum atomic E-state index is -0.521. The molecule has 0 spiro atoms. The third-order valence-corrected chi connectivity index (χ3v) is 11.6. The fourth-order valence-electron chi connectivity index (χ4n) is 7.81. The molecule has 0 aliphatic rings. The fraction of sp³-hybridized carbons (Fsp3) is 0.961. The molecule has 0 aliphatic carbocycles. The van der Waals surface area contributed by atoms with Crippen molar-refractivity contribution in [3.05, 3.63) is 0 Å². The van der Waals surface area contributed by atoms with Gasteiger partial charge in [0.05, 0.1) is 6.61 Å². The first kappa shape index (κ1) is 54.9. The van der Waals surface area contributed by atoms with Crippen LogP contribution < -0.4 is 0 Å². The van der Waals surface area contributed by atoms with Gasteiger partial charge in [-0.25, -0.2) is 0 Å². The minimum absolute atomic E-state index is 0.0971. The van der Waals surface area contributed by atoms with Crippen molar-refractivity contribution in [2.24, 2.45) is 0 Å². The maximum Gasteiger partial charge on any atom is 0.306 e. The second-order valence-electron chi connectivity index (χ2n) is 17.5. The van der Waals surface area contributed by atoms with E-state index in [4.69, 9.17) is 14.2 Å². The van der Waals surface area contributed by atoms with Gasteiger partial charge in [-0.15, -0.1) is 0 Å². The molecular weight excluding hydrogens is 693 g/mol. The second kappa shape index (κ2) is 48.3. The topological polar surface area (TPSA) is 61.8 Å². The number of carbonyl (C=O) groups excluding carboxylic acids is 2. The molecule has 0 aromatic heterocycles. The summed E-state index contributed by atoms with van der Waals surface area (Å²) in [7, 11) is 0. The number of hydrogen-bond donors (Lipinski definition) is 0. The monoisotopic (exact) mass is 793 g/mol. The molecule has 1 unspecified atom stereocenters. The Balaban J connectivity index is 4.07. The smallest absolute Gasteiger partial charge is 0.306 e. The molecule has 0 aromatic carbocycles. The van der Waals surface area contributed by atoms with E-state index in [0.717, 1.165) is 32.1 Å². The van der Waals surface area contributed by atoms with Crippen LogP contribution in [0.5, 0.6) is 0 Å². The molecule has 0 bridgehead atoms. The van der Waals surface area contributed by atoms with E-state index < -0.39 is 6.10 Å². The number of hydrogen-bond acceptors (Lipinski definition) is 5. The zero-order valence-electron chi connectivity index (χ0n) is 38.4. The standard InChI is InChI=1S/C51H100O5/c1-4-7-10-13-16-19-21-23-24-25-26-27-28-29-30-33-35-38-41-44-50(52)55-48-49(56-51(53)45-42-39-36-32-18-15-12-9-6-3)47-54-46-43-40-37-34-31-22-20-17-14-11-8-5-2/h49H,4-48H2,1-3H3. The Morgan fingerprint density at radius 2 is 0.589 bits per heavy atom. The van der Waals surface area contributed by atoms with E-state index in [9.17, 15) is 9.59 Å². The lowest BCUT2D eigenvalue weighted by Gasteiger charge is -2.18. The zero-order valence-corrected chi connectivity index (χ0v) is 38.4. The van der Waals surface area contributed by atoms with Crippen molar-refractivity contribution in [1.82, 2.24) is 0 Å². The third kappa shape index (κ3) is 45.6. The number of esters is 2. The SMILES string of the molecule is CCCCCCCCCCCCCCCCCCCCCC(=O)OCC(COCCCCCCCCCCCCCC)OC(=O)CCCCCCCCCCC. The molecule has 56 heavy (non-hydrogen) atoms. The van der Waals surface area contributed by atoms with Gasteiger partial charge in [0.25, 0.3) is 0 Å². The molecular formula is C51H100O5. The Morgan fingerprint density at radius 1 is 0.321 bits per heavy atom. The number of carbonyl (C=O) groups is 2. The molecule has 0 rings (SSSR count). The average molecular weight is 793 g/mol. The lowest BCUT2D eigenvalue weighted by atomic mass is 10.0. The molecule has 0 radical (unpaired) electrons. The largest absolute Gasteiger partial charge is 0.462 e. The van der Waals surface area contributed by atoms with Crippen LogP contribution in [-0.2, 0) is 23.8 Å². The highest BCUT2D eigenvalue weighted by Gasteiger charge is 2.17. The van der Waals surface area contributed by atoms with Crippen LogP contribution in [0.2, 0.25) is 0 Å². The van der Waals surface area contributed by atoms with E-state index in [2.05, 4.69) is 20.8 Å². The molecule has 0 fully saturated rings. The maximum absolute atomic E-state index is 12.7. The van der Waals surface area contributed by atoms with Gasteiger partial charge in [0, 0.05) is 19.4 Å². The summed E-state index contributed by atoms with van der Waals surface area (Å²) in [6, 6.07) is 0. The van der Waals surface area contributed by atoms with E-state index in [1.807, 2.05) is 0 Å². The Labute approximate surface area is 351 Å². The normalized spacial score (nSPS) is 12.0. The Kier molecular flexibility index (Phi) is 47.3. The van der Waals surface area contributed by atoms with Crippen LogP contribution in [0.3, 0.4) is 0 Å². The Morgan fingerprint density at radius 3 is 0.911 bits per heavy atom. The molecule has 0 aromatic rings. The summed E-state index contributed by atoms with van der Waals surface area (Å²) in [5.74, 6) is -0.375. The van der Waals surface area contributed by atoms with E-state index >= 15 is 0 Å². The summed E-state index contributed by atoms with van der Waals surface area (Å²) in [5.41, 5.74) is 0. The predicted octanol–water partition coefficient (Wildman–Crippen LogP) is 16.9. The van der Waals surface area contributed by atoms with Gasteiger partial charge in [0.1, 0.15) is 6.61 Å². The van der Waals surface area contributed by atoms with E-state index in [1.165, 1.54) is 225 Å². The van der Waals surface area contributed by atoms with Crippen LogP contribution in [-0.4, -0.2) is 37.9 Å². The van der Waals surface area contributed by atoms with Gasteiger partial charge in [-0.3, -0.25) is 9.59 Å². The number of rotatable bonds is 48. The maximum atomic E-state index is 12.7. The Bertz CT molecular complexity index is 769. The first-order valence-electron chi connectivity index (χ1n) is 25.6. The molecule has 0 saturated carbocycles. The van der Waals surface area contributed by atoms with Crippen molar-refractivity contribution in [3.8, 4) is 0 Å². The molecule has 0 heterocycles. The van der Waals surface area contributed by atoms with Crippen LogP contribution in [0.25, 0.3) is 0 Å². The van der Waals surface area contributed by atoms with Gasteiger partial charge < -0.3 is 14.2 Å². The van der Waals surface area contributed by atoms with Crippen LogP contribution >= 0.6 is 0 Å². The first-order chi connectivity index (χ1) is 27.6. The molecule has 0 saturated heterocycles. The molecule has 0 N–H and O–H groups in total. The summed E-state index contributed by atoms with van der Waals surface area (Å²) in [5, 5.41) is 0. The summed E-state index contributed by atoms with van der Waals surface area (Å²) in [4.78, 5) is 25.3. The fourth-order valence-corrected chi connectivity index (χ4v) is 7.81. The van der Waals surface area contributed by atoms with E-state index in [-0.39, 0.29) is 18.5 Å². The van der Waals surface area contributed by atoms with Crippen molar-refractivity contribution >= 4 is 11.9 Å². The van der Waals surface area contributed by atoms with Gasteiger partial charge in [-0.05, 0) is 19.3 Å². The lowest BCUT2D eigenvalue weighted by Crippen LogP contribution is -2.30. The zero-order chi connectivity index (χ0) is 40.7. The van der Waals surface area contributed by atoms with Crippen LogP contribution in [0.4, 0.5) is 0 Å². The minimum Gasteiger partial charge on any atom is -0.462 e. The van der Waals surface area contributed by atoms with Crippen LogP contribution in [0.15, 0.2) is 0 Å². The van der Waals surface area contributed by atoms with Crippen molar-refractivity contribution in [2.75, 3.05) is 19.8 Å². The molecule has 1 atom stereocenters. The molecule has 0 aliphatic heterocycles. The Hall–Kier alpha value is -1.10. The number of unbranched alkanes of at least 4 members (excludes halogenated alkanes) is 37. The molecule has 0 amide bonds. The highest BCUT2D eigenvalue weighted by atomic mass is 16.6. The molecule has 334 valence electrons. The molecule has 5 nitrogen and oxygen atoms in total. The summed E-state index contributed by atoms with van der Waals surface area (Å²) < 4.78 is 17.4. The van der Waals surface area contributed by atoms with Crippen LogP contribution in [0, 0.1) is 0 Å². The van der Waals surface area contributed by atoms with E-state index in [0.29, 0.717) is 26.1 Å². The average Bonchev–Trinajstić information content (AvgIpc) is 3.20. The predicted molar refractivity (Wildman–Crippen MR) is 243 cm³/mol. The van der Waals surface area contributed by atoms with Crippen LogP contribution in [0.1, 0.15) is 290 Å². The van der Waals surface area contributed by atoms with Crippen molar-refractivity contribution in [3.63, 3.8) is 0 Å². The van der Waals surface area contributed by atoms with Gasteiger partial charge >= 0.3 is 11.9 Å². The summed E-state index contributed by atoms with van der Waals surface area (Å²) in [6.45, 7) is 7.88. The molecule has 5 heteroatoms. The number of ether oxygens (including phenoxy) is 3. The second-order valence-corrected chi connectivity index (χ2v) is 17.5. The third-order valence-electron chi connectivity index (χ3n) is 11.6. The van der Waals surface area contributed by atoms with Gasteiger partial charge in [-0.1, -0.05) is 258 Å². The van der Waals surface area contributed by atoms with Gasteiger partial charge in [0.2, 0.25) is 0 Å². The first-order valence-corrected chi connectivity index (χ1v) is 25.6. The van der Waals surface area contributed by atoms with Crippen molar-refractivity contribution < 1.29 is 23.8 Å². The highest BCUT2D eigenvalue weighted by Crippen LogP contribution is 2.16. The summed E-state index contributed by atoms with van der Waals surface area (Å²) >= 11 is 0.